The summed E-state index contributed by atoms with van der Waals surface area (Å²) in [6.07, 6.45) is 6.88. The minimum atomic E-state index is 0.0949. The van der Waals surface area contributed by atoms with Crippen molar-refractivity contribution in [2.24, 2.45) is 5.41 Å². The van der Waals surface area contributed by atoms with Crippen LogP contribution in [0.25, 0.3) is 0 Å². The zero-order valence-corrected chi connectivity index (χ0v) is 17.1. The lowest BCUT2D eigenvalue weighted by atomic mass is 9.89. The Bertz CT molecular complexity index is 776. The maximum absolute atomic E-state index is 2.50. The van der Waals surface area contributed by atoms with Crippen molar-refractivity contribution in [1.82, 2.24) is 0 Å². The Morgan fingerprint density at radius 3 is 1.92 bits per heavy atom. The predicted molar refractivity (Wildman–Crippen MR) is 114 cm³/mol. The van der Waals surface area contributed by atoms with Crippen LogP contribution in [0.4, 0.5) is 11.4 Å². The van der Waals surface area contributed by atoms with Gasteiger partial charge in [-0.25, -0.2) is 0 Å². The van der Waals surface area contributed by atoms with Gasteiger partial charge in [-0.05, 0) is 42.5 Å². The molecule has 2 nitrogen and oxygen atoms in total. The molecular formula is C24H32N2. The molecule has 0 amide bonds. The van der Waals surface area contributed by atoms with Crippen molar-refractivity contribution in [3.8, 4) is 0 Å². The number of anilines is 2. The van der Waals surface area contributed by atoms with Crippen LogP contribution in [-0.2, 0) is 12.8 Å². The molecule has 26 heavy (non-hydrogen) atoms. The van der Waals surface area contributed by atoms with E-state index in [4.69, 9.17) is 0 Å². The second-order valence-electron chi connectivity index (χ2n) is 8.27. The summed E-state index contributed by atoms with van der Waals surface area (Å²) in [5, 5.41) is 0. The molecule has 0 fully saturated rings. The third kappa shape index (κ3) is 3.25. The van der Waals surface area contributed by atoms with Crippen molar-refractivity contribution in [2.75, 3.05) is 9.80 Å². The normalized spacial score (nSPS) is 17.2. The van der Waals surface area contributed by atoms with Crippen LogP contribution in [0.1, 0.15) is 51.3 Å². The highest BCUT2D eigenvalue weighted by Crippen LogP contribution is 2.41. The number of hydrogen-bond acceptors (Lipinski definition) is 2. The van der Waals surface area contributed by atoms with Crippen LogP contribution in [0, 0.1) is 12.3 Å². The van der Waals surface area contributed by atoms with Crippen molar-refractivity contribution in [3.05, 3.63) is 71.6 Å². The van der Waals surface area contributed by atoms with Gasteiger partial charge < -0.3 is 9.80 Å². The van der Waals surface area contributed by atoms with E-state index in [9.17, 15) is 0 Å². The van der Waals surface area contributed by atoms with E-state index in [1.165, 1.54) is 28.1 Å². The van der Waals surface area contributed by atoms with E-state index in [-0.39, 0.29) is 11.6 Å². The molecule has 1 aliphatic rings. The zero-order valence-electron chi connectivity index (χ0n) is 17.1. The maximum Gasteiger partial charge on any atom is 0.115 e. The van der Waals surface area contributed by atoms with Crippen LogP contribution in [0.15, 0.2) is 54.9 Å². The highest BCUT2D eigenvalue weighted by molar-refractivity contribution is 5.69. The van der Waals surface area contributed by atoms with Crippen molar-refractivity contribution in [2.45, 2.75) is 60.5 Å². The van der Waals surface area contributed by atoms with E-state index in [1.54, 1.807) is 0 Å². The third-order valence-corrected chi connectivity index (χ3v) is 5.31. The molecule has 0 radical (unpaired) electrons. The highest BCUT2D eigenvalue weighted by atomic mass is 15.4. The van der Waals surface area contributed by atoms with Gasteiger partial charge in [0, 0.05) is 29.2 Å². The van der Waals surface area contributed by atoms with Gasteiger partial charge in [-0.3, -0.25) is 0 Å². The molecule has 2 heteroatoms. The average Bonchev–Trinajstić information content (AvgIpc) is 3.06. The van der Waals surface area contributed by atoms with Gasteiger partial charge in [0.2, 0.25) is 0 Å². The molecule has 0 spiro atoms. The Kier molecular flexibility index (Phi) is 5.13. The Morgan fingerprint density at radius 1 is 0.808 bits per heavy atom. The van der Waals surface area contributed by atoms with Crippen LogP contribution in [0.2, 0.25) is 0 Å². The van der Waals surface area contributed by atoms with Gasteiger partial charge in [0.1, 0.15) is 6.17 Å². The molecule has 0 saturated heterocycles. The molecule has 3 rings (SSSR count). The summed E-state index contributed by atoms with van der Waals surface area (Å²) < 4.78 is 0. The van der Waals surface area contributed by atoms with E-state index in [0.29, 0.717) is 0 Å². The average molecular weight is 349 g/mol. The maximum atomic E-state index is 2.50. The first kappa shape index (κ1) is 18.6. The minimum absolute atomic E-state index is 0.0949. The van der Waals surface area contributed by atoms with Gasteiger partial charge in [0.15, 0.2) is 0 Å². The van der Waals surface area contributed by atoms with Crippen molar-refractivity contribution in [1.29, 1.82) is 0 Å². The van der Waals surface area contributed by atoms with Gasteiger partial charge in [-0.1, -0.05) is 71.0 Å². The molecule has 0 unspecified atom stereocenters. The Morgan fingerprint density at radius 2 is 1.38 bits per heavy atom. The molecule has 0 saturated carbocycles. The van der Waals surface area contributed by atoms with Crippen LogP contribution < -0.4 is 9.80 Å². The molecule has 2 aromatic rings. The smallest absolute Gasteiger partial charge is 0.115 e. The fraction of sp³-hybridized carbons (Fsp3) is 0.417. The molecule has 138 valence electrons. The van der Waals surface area contributed by atoms with Crippen LogP contribution in [0.5, 0.6) is 0 Å². The summed E-state index contributed by atoms with van der Waals surface area (Å²) in [7, 11) is 0. The standard InChI is InChI=1S/C24H32N2/c1-7-19-13-11-14-20(8-2)22(19)26-17-16-25(23(26)24(4,5)6)21-15-10-9-12-18(21)3/h9-17,23H,7-8H2,1-6H3/t23-/m1/s1. The molecular weight excluding hydrogens is 316 g/mol. The SMILES string of the molecule is CCc1cccc(CC)c1N1C=CN(c2ccccc2C)[C@H]1C(C)(C)C. The first-order valence-corrected chi connectivity index (χ1v) is 9.79. The molecule has 1 heterocycles. The lowest BCUT2D eigenvalue weighted by Crippen LogP contribution is -2.48. The summed E-state index contributed by atoms with van der Waals surface area (Å²) in [5.74, 6) is 0. The summed E-state index contributed by atoms with van der Waals surface area (Å²) in [6, 6.07) is 15.4. The van der Waals surface area contributed by atoms with Gasteiger partial charge in [0.25, 0.3) is 0 Å². The summed E-state index contributed by atoms with van der Waals surface area (Å²) in [6.45, 7) is 13.7. The number of aryl methyl sites for hydroxylation is 3. The summed E-state index contributed by atoms with van der Waals surface area (Å²) >= 11 is 0. The zero-order chi connectivity index (χ0) is 18.9. The van der Waals surface area contributed by atoms with Gasteiger partial charge in [-0.15, -0.1) is 0 Å². The van der Waals surface area contributed by atoms with Crippen molar-refractivity contribution < 1.29 is 0 Å². The largest absolute Gasteiger partial charge is 0.325 e. The van der Waals surface area contributed by atoms with Gasteiger partial charge >= 0.3 is 0 Å². The minimum Gasteiger partial charge on any atom is -0.325 e. The number of nitrogens with zero attached hydrogens (tertiary/aromatic N) is 2. The molecule has 0 aliphatic carbocycles. The van der Waals surface area contributed by atoms with E-state index < -0.39 is 0 Å². The lowest BCUT2D eigenvalue weighted by molar-refractivity contribution is 0.326. The second kappa shape index (κ2) is 7.19. The Hall–Kier alpha value is -2.22. The van der Waals surface area contributed by atoms with E-state index in [0.717, 1.165) is 12.8 Å². The molecule has 0 bridgehead atoms. The second-order valence-corrected chi connectivity index (χ2v) is 8.27. The monoisotopic (exact) mass is 348 g/mol. The van der Waals surface area contributed by atoms with Crippen molar-refractivity contribution >= 4 is 11.4 Å². The van der Waals surface area contributed by atoms with Crippen LogP contribution in [0.3, 0.4) is 0 Å². The van der Waals surface area contributed by atoms with Crippen molar-refractivity contribution in [3.63, 3.8) is 0 Å². The van der Waals surface area contributed by atoms with Gasteiger partial charge in [0.05, 0.1) is 0 Å². The Labute approximate surface area is 159 Å². The molecule has 1 atom stereocenters. The van der Waals surface area contributed by atoms with Gasteiger partial charge in [-0.2, -0.15) is 0 Å². The first-order chi connectivity index (χ1) is 12.4. The van der Waals surface area contributed by atoms with E-state index >= 15 is 0 Å². The summed E-state index contributed by atoms with van der Waals surface area (Å²) in [4.78, 5) is 4.95. The Balaban J connectivity index is 2.13. The third-order valence-electron chi connectivity index (χ3n) is 5.31. The van der Waals surface area contributed by atoms with Crippen LogP contribution >= 0.6 is 0 Å². The molecule has 2 aromatic carbocycles. The lowest BCUT2D eigenvalue weighted by Gasteiger charge is -2.43. The van der Waals surface area contributed by atoms with Crippen LogP contribution in [-0.4, -0.2) is 6.17 Å². The quantitative estimate of drug-likeness (QED) is 0.640. The van der Waals surface area contributed by atoms with E-state index in [2.05, 4.69) is 106 Å². The summed E-state index contributed by atoms with van der Waals surface area (Å²) in [5.41, 5.74) is 6.94. The molecule has 1 aliphatic heterocycles. The molecule has 0 aromatic heterocycles. The predicted octanol–water partition coefficient (Wildman–Crippen LogP) is 6.29. The number of hydrogen-bond donors (Lipinski definition) is 0. The molecule has 0 N–H and O–H groups in total. The number of rotatable bonds is 4. The first-order valence-electron chi connectivity index (χ1n) is 9.79. The van der Waals surface area contributed by atoms with E-state index in [1.807, 2.05) is 0 Å². The highest BCUT2D eigenvalue weighted by Gasteiger charge is 2.39. The number of benzene rings is 2. The number of para-hydroxylation sites is 2. The fourth-order valence-electron chi connectivity index (χ4n) is 4.08. The topological polar surface area (TPSA) is 6.48 Å². The fourth-order valence-corrected chi connectivity index (χ4v) is 4.08.